The Morgan fingerprint density at radius 2 is 2.05 bits per heavy atom. The molecule has 0 bridgehead atoms. The van der Waals surface area contributed by atoms with Gasteiger partial charge in [-0.2, -0.15) is 4.98 Å². The molecule has 6 heteroatoms. The lowest BCUT2D eigenvalue weighted by Gasteiger charge is -2.26. The molecule has 110 valence electrons. The molecule has 1 N–H and O–H groups in total. The lowest BCUT2D eigenvalue weighted by molar-refractivity contribution is 0.0728. The number of hydrogen-bond donors (Lipinski definition) is 1. The van der Waals surface area contributed by atoms with Crippen LogP contribution in [0.2, 0.25) is 0 Å². The monoisotopic (exact) mass is 303 g/mol. The highest BCUT2D eigenvalue weighted by Gasteiger charge is 2.34. The zero-order chi connectivity index (χ0) is 14.4. The SMILES string of the molecule is O=C(c1sc2nc(O)cnc2c1C1CC1)N1CCCCC1. The minimum absolute atomic E-state index is 0.0805. The summed E-state index contributed by atoms with van der Waals surface area (Å²) >= 11 is 1.38. The van der Waals surface area contributed by atoms with E-state index in [0.29, 0.717) is 10.7 Å². The number of fused-ring (bicyclic) bond motifs is 1. The van der Waals surface area contributed by atoms with Crippen molar-refractivity contribution in [2.24, 2.45) is 0 Å². The van der Waals surface area contributed by atoms with E-state index in [4.69, 9.17) is 0 Å². The van der Waals surface area contributed by atoms with E-state index in [9.17, 15) is 9.90 Å². The quantitative estimate of drug-likeness (QED) is 0.926. The molecule has 0 aromatic carbocycles. The minimum atomic E-state index is -0.0805. The Morgan fingerprint density at radius 1 is 1.29 bits per heavy atom. The van der Waals surface area contributed by atoms with Gasteiger partial charge in [0, 0.05) is 18.7 Å². The van der Waals surface area contributed by atoms with E-state index in [1.807, 2.05) is 4.90 Å². The highest BCUT2D eigenvalue weighted by Crippen LogP contribution is 2.47. The number of aromatic nitrogens is 2. The number of aromatic hydroxyl groups is 1. The third kappa shape index (κ3) is 2.27. The van der Waals surface area contributed by atoms with Gasteiger partial charge in [-0.15, -0.1) is 11.3 Å². The molecule has 21 heavy (non-hydrogen) atoms. The first-order valence-corrected chi connectivity index (χ1v) is 8.33. The zero-order valence-electron chi connectivity index (χ0n) is 11.7. The maximum absolute atomic E-state index is 12.8. The van der Waals surface area contributed by atoms with Crippen molar-refractivity contribution in [3.8, 4) is 5.88 Å². The summed E-state index contributed by atoms with van der Waals surface area (Å²) in [5.41, 5.74) is 1.87. The second-order valence-corrected chi connectivity index (χ2v) is 6.85. The fourth-order valence-corrected chi connectivity index (χ4v) is 4.21. The molecule has 0 atom stereocenters. The van der Waals surface area contributed by atoms with Crippen molar-refractivity contribution in [1.82, 2.24) is 14.9 Å². The first-order valence-electron chi connectivity index (χ1n) is 7.51. The summed E-state index contributed by atoms with van der Waals surface area (Å²) in [5.74, 6) is 0.491. The van der Waals surface area contributed by atoms with Crippen LogP contribution in [0.3, 0.4) is 0 Å². The summed E-state index contributed by atoms with van der Waals surface area (Å²) in [6, 6.07) is 0. The van der Waals surface area contributed by atoms with Crippen LogP contribution in [0.1, 0.15) is 53.3 Å². The summed E-state index contributed by atoms with van der Waals surface area (Å²) in [6.07, 6.45) is 7.00. The number of piperidine rings is 1. The van der Waals surface area contributed by atoms with E-state index in [1.54, 1.807) is 0 Å². The second-order valence-electron chi connectivity index (χ2n) is 5.85. The predicted molar refractivity (Wildman–Crippen MR) is 80.8 cm³/mol. The van der Waals surface area contributed by atoms with E-state index in [-0.39, 0.29) is 11.8 Å². The number of carbonyl (C=O) groups is 1. The van der Waals surface area contributed by atoms with Crippen LogP contribution in [-0.4, -0.2) is 39.0 Å². The van der Waals surface area contributed by atoms with Crippen LogP contribution >= 0.6 is 11.3 Å². The Morgan fingerprint density at radius 3 is 2.76 bits per heavy atom. The molecule has 2 fully saturated rings. The predicted octanol–water partition coefficient (Wildman–Crippen LogP) is 2.90. The van der Waals surface area contributed by atoms with Crippen molar-refractivity contribution in [1.29, 1.82) is 0 Å². The van der Waals surface area contributed by atoms with Crippen LogP contribution in [0.15, 0.2) is 6.20 Å². The van der Waals surface area contributed by atoms with Crippen molar-refractivity contribution in [2.75, 3.05) is 13.1 Å². The molecule has 1 saturated heterocycles. The summed E-state index contributed by atoms with van der Waals surface area (Å²) < 4.78 is 0. The molecule has 2 aromatic heterocycles. The van der Waals surface area contributed by atoms with Crippen LogP contribution in [0.4, 0.5) is 0 Å². The van der Waals surface area contributed by atoms with E-state index in [1.165, 1.54) is 24.0 Å². The summed E-state index contributed by atoms with van der Waals surface area (Å²) in [6.45, 7) is 1.70. The van der Waals surface area contributed by atoms with Crippen LogP contribution in [0.5, 0.6) is 5.88 Å². The van der Waals surface area contributed by atoms with Gasteiger partial charge >= 0.3 is 0 Å². The minimum Gasteiger partial charge on any atom is -0.492 e. The fourth-order valence-electron chi connectivity index (χ4n) is 3.03. The van der Waals surface area contributed by atoms with Crippen molar-refractivity contribution in [3.63, 3.8) is 0 Å². The number of amides is 1. The first-order chi connectivity index (χ1) is 10.2. The summed E-state index contributed by atoms with van der Waals surface area (Å²) in [7, 11) is 0. The van der Waals surface area contributed by atoms with Crippen LogP contribution in [0, 0.1) is 0 Å². The molecule has 0 spiro atoms. The molecule has 1 aliphatic carbocycles. The fraction of sp³-hybridized carbons (Fsp3) is 0.533. The average molecular weight is 303 g/mol. The van der Waals surface area contributed by atoms with E-state index in [0.717, 1.165) is 54.7 Å². The molecule has 5 nitrogen and oxygen atoms in total. The molecule has 1 aliphatic heterocycles. The van der Waals surface area contributed by atoms with Gasteiger partial charge < -0.3 is 10.0 Å². The molecule has 2 aliphatic rings. The molecule has 3 heterocycles. The molecular formula is C15H17N3O2S. The molecule has 1 amide bonds. The molecule has 4 rings (SSSR count). The molecular weight excluding hydrogens is 286 g/mol. The maximum Gasteiger partial charge on any atom is 0.264 e. The van der Waals surface area contributed by atoms with Gasteiger partial charge in [-0.1, -0.05) is 0 Å². The Balaban J connectivity index is 1.79. The van der Waals surface area contributed by atoms with Crippen molar-refractivity contribution in [2.45, 2.75) is 38.0 Å². The smallest absolute Gasteiger partial charge is 0.264 e. The van der Waals surface area contributed by atoms with Gasteiger partial charge in [0.2, 0.25) is 5.88 Å². The second kappa shape index (κ2) is 4.94. The number of thiophene rings is 1. The summed E-state index contributed by atoms with van der Waals surface area (Å²) in [4.78, 5) is 24.7. The molecule has 0 unspecified atom stereocenters. The largest absolute Gasteiger partial charge is 0.492 e. The lowest BCUT2D eigenvalue weighted by atomic mass is 10.1. The van der Waals surface area contributed by atoms with Crippen LogP contribution < -0.4 is 0 Å². The summed E-state index contributed by atoms with van der Waals surface area (Å²) in [5, 5.41) is 9.51. The Hall–Kier alpha value is -1.69. The van der Waals surface area contributed by atoms with E-state index >= 15 is 0 Å². The average Bonchev–Trinajstić information content (AvgIpc) is 3.28. The van der Waals surface area contributed by atoms with Crippen LogP contribution in [0.25, 0.3) is 10.3 Å². The van der Waals surface area contributed by atoms with Gasteiger partial charge in [-0.05, 0) is 38.0 Å². The number of likely N-dealkylation sites (tertiary alicyclic amines) is 1. The van der Waals surface area contributed by atoms with Crippen molar-refractivity contribution >= 4 is 27.6 Å². The third-order valence-corrected chi connectivity index (χ3v) is 5.33. The number of hydrogen-bond acceptors (Lipinski definition) is 5. The zero-order valence-corrected chi connectivity index (χ0v) is 12.5. The highest BCUT2D eigenvalue weighted by molar-refractivity contribution is 7.20. The number of nitrogens with zero attached hydrogens (tertiary/aromatic N) is 3. The van der Waals surface area contributed by atoms with Gasteiger partial charge in [0.15, 0.2) is 0 Å². The van der Waals surface area contributed by atoms with Gasteiger partial charge in [0.25, 0.3) is 5.91 Å². The topological polar surface area (TPSA) is 66.3 Å². The number of rotatable bonds is 2. The van der Waals surface area contributed by atoms with Crippen molar-refractivity contribution < 1.29 is 9.90 Å². The highest BCUT2D eigenvalue weighted by atomic mass is 32.1. The van der Waals surface area contributed by atoms with E-state index < -0.39 is 0 Å². The molecule has 0 radical (unpaired) electrons. The Kier molecular flexibility index (Phi) is 3.06. The van der Waals surface area contributed by atoms with Crippen LogP contribution in [-0.2, 0) is 0 Å². The Bertz CT molecular complexity index is 702. The number of carbonyl (C=O) groups excluding carboxylic acids is 1. The van der Waals surface area contributed by atoms with E-state index in [2.05, 4.69) is 9.97 Å². The van der Waals surface area contributed by atoms with Gasteiger partial charge in [-0.3, -0.25) is 4.79 Å². The van der Waals surface area contributed by atoms with Gasteiger partial charge in [0.1, 0.15) is 10.3 Å². The maximum atomic E-state index is 12.8. The third-order valence-electron chi connectivity index (χ3n) is 4.25. The molecule has 1 saturated carbocycles. The lowest BCUT2D eigenvalue weighted by Crippen LogP contribution is -2.35. The van der Waals surface area contributed by atoms with Crippen molar-refractivity contribution in [3.05, 3.63) is 16.6 Å². The normalized spacial score (nSPS) is 19.1. The first kappa shape index (κ1) is 13.0. The Labute approximate surface area is 126 Å². The van der Waals surface area contributed by atoms with Gasteiger partial charge in [0.05, 0.1) is 11.1 Å². The standard InChI is InChI=1S/C15H17N3O2S/c19-10-8-16-12-11(9-4-5-9)13(21-14(12)17-10)15(20)18-6-2-1-3-7-18/h8-9H,1-7H2,(H,17,19). The van der Waals surface area contributed by atoms with Gasteiger partial charge in [-0.25, -0.2) is 4.98 Å². The molecule has 2 aromatic rings.